The lowest BCUT2D eigenvalue weighted by molar-refractivity contribution is -0.128. The maximum atomic E-state index is 12.3. The highest BCUT2D eigenvalue weighted by Crippen LogP contribution is 2.19. The summed E-state index contributed by atoms with van der Waals surface area (Å²) >= 11 is 0. The SMILES string of the molecule is CCCc1ccc(OCCNC(=O)C(CC)Oc2ccc(OC)cc2)cc1. The van der Waals surface area contributed by atoms with Crippen LogP contribution in [-0.4, -0.2) is 32.3 Å². The number of methoxy groups -OCH3 is 1. The molecule has 0 radical (unpaired) electrons. The third-order valence-corrected chi connectivity index (χ3v) is 4.13. The van der Waals surface area contributed by atoms with Crippen LogP contribution in [0.25, 0.3) is 0 Å². The first-order chi connectivity index (χ1) is 13.2. The van der Waals surface area contributed by atoms with Gasteiger partial charge in [0.15, 0.2) is 6.10 Å². The van der Waals surface area contributed by atoms with Crippen molar-refractivity contribution in [1.82, 2.24) is 5.32 Å². The number of ether oxygens (including phenoxy) is 3. The summed E-state index contributed by atoms with van der Waals surface area (Å²) in [5.74, 6) is 2.06. The molecule has 0 heterocycles. The molecular weight excluding hydrogens is 342 g/mol. The van der Waals surface area contributed by atoms with Gasteiger partial charge in [-0.15, -0.1) is 0 Å². The van der Waals surface area contributed by atoms with E-state index in [0.29, 0.717) is 25.3 Å². The van der Waals surface area contributed by atoms with Gasteiger partial charge in [-0.05, 0) is 54.8 Å². The molecule has 0 saturated carbocycles. The quantitative estimate of drug-likeness (QED) is 0.607. The fraction of sp³-hybridized carbons (Fsp3) is 0.409. The minimum atomic E-state index is -0.535. The number of carbonyl (C=O) groups is 1. The van der Waals surface area contributed by atoms with Gasteiger partial charge in [0.25, 0.3) is 5.91 Å². The molecule has 5 heteroatoms. The van der Waals surface area contributed by atoms with Crippen LogP contribution in [0.2, 0.25) is 0 Å². The summed E-state index contributed by atoms with van der Waals surface area (Å²) in [6.07, 6.45) is 2.25. The molecule has 0 fully saturated rings. The van der Waals surface area contributed by atoms with Crippen LogP contribution in [0.15, 0.2) is 48.5 Å². The number of hydrogen-bond donors (Lipinski definition) is 1. The molecule has 0 aliphatic carbocycles. The summed E-state index contributed by atoms with van der Waals surface area (Å²) in [6, 6.07) is 15.3. The molecule has 0 aromatic heterocycles. The average molecular weight is 371 g/mol. The Balaban J connectivity index is 1.73. The maximum absolute atomic E-state index is 12.3. The number of amides is 1. The Morgan fingerprint density at radius 3 is 2.19 bits per heavy atom. The number of hydrogen-bond acceptors (Lipinski definition) is 4. The molecule has 1 atom stereocenters. The summed E-state index contributed by atoms with van der Waals surface area (Å²) in [6.45, 7) is 4.92. The van der Waals surface area contributed by atoms with Crippen molar-refractivity contribution in [2.45, 2.75) is 39.2 Å². The van der Waals surface area contributed by atoms with Crippen LogP contribution >= 0.6 is 0 Å². The molecular formula is C22H29NO4. The van der Waals surface area contributed by atoms with Gasteiger partial charge in [-0.3, -0.25) is 4.79 Å². The Bertz CT molecular complexity index is 682. The predicted molar refractivity (Wildman–Crippen MR) is 107 cm³/mol. The first kappa shape index (κ1) is 20.6. The molecule has 2 aromatic carbocycles. The van der Waals surface area contributed by atoms with Crippen molar-refractivity contribution in [1.29, 1.82) is 0 Å². The van der Waals surface area contributed by atoms with E-state index in [-0.39, 0.29) is 5.91 Å². The summed E-state index contributed by atoms with van der Waals surface area (Å²) < 4.78 is 16.6. The van der Waals surface area contributed by atoms with Crippen LogP contribution in [-0.2, 0) is 11.2 Å². The fourth-order valence-electron chi connectivity index (χ4n) is 2.64. The molecule has 1 amide bonds. The van der Waals surface area contributed by atoms with Gasteiger partial charge in [0.2, 0.25) is 0 Å². The molecule has 5 nitrogen and oxygen atoms in total. The van der Waals surface area contributed by atoms with Crippen molar-refractivity contribution in [2.24, 2.45) is 0 Å². The molecule has 0 aliphatic rings. The highest BCUT2D eigenvalue weighted by atomic mass is 16.5. The minimum Gasteiger partial charge on any atom is -0.497 e. The second-order valence-electron chi connectivity index (χ2n) is 6.22. The smallest absolute Gasteiger partial charge is 0.261 e. The monoisotopic (exact) mass is 371 g/mol. The number of nitrogens with one attached hydrogen (secondary N) is 1. The Hall–Kier alpha value is -2.69. The van der Waals surface area contributed by atoms with Crippen molar-refractivity contribution in [3.63, 3.8) is 0 Å². The average Bonchev–Trinajstić information content (AvgIpc) is 2.71. The van der Waals surface area contributed by atoms with Gasteiger partial charge in [0, 0.05) is 0 Å². The predicted octanol–water partition coefficient (Wildman–Crippen LogP) is 4.00. The number of aryl methyl sites for hydroxylation is 1. The molecule has 2 aromatic rings. The van der Waals surface area contributed by atoms with E-state index in [1.165, 1.54) is 5.56 Å². The number of rotatable bonds is 11. The fourth-order valence-corrected chi connectivity index (χ4v) is 2.64. The molecule has 1 unspecified atom stereocenters. The van der Waals surface area contributed by atoms with Crippen LogP contribution in [0, 0.1) is 0 Å². The van der Waals surface area contributed by atoms with Gasteiger partial charge in [0.1, 0.15) is 23.9 Å². The zero-order valence-corrected chi connectivity index (χ0v) is 16.4. The second kappa shape index (κ2) is 11.1. The lowest BCUT2D eigenvalue weighted by atomic mass is 10.1. The van der Waals surface area contributed by atoms with E-state index in [1.54, 1.807) is 31.4 Å². The molecule has 146 valence electrons. The molecule has 27 heavy (non-hydrogen) atoms. The third-order valence-electron chi connectivity index (χ3n) is 4.13. The topological polar surface area (TPSA) is 56.8 Å². The highest BCUT2D eigenvalue weighted by molar-refractivity contribution is 5.81. The van der Waals surface area contributed by atoms with Crippen molar-refractivity contribution >= 4 is 5.91 Å². The highest BCUT2D eigenvalue weighted by Gasteiger charge is 2.17. The van der Waals surface area contributed by atoms with Gasteiger partial charge in [-0.1, -0.05) is 32.4 Å². The lowest BCUT2D eigenvalue weighted by Gasteiger charge is -2.17. The molecule has 0 aliphatic heterocycles. The molecule has 0 saturated heterocycles. The van der Waals surface area contributed by atoms with E-state index in [2.05, 4.69) is 24.4 Å². The first-order valence-electron chi connectivity index (χ1n) is 9.46. The summed E-state index contributed by atoms with van der Waals surface area (Å²) in [5.41, 5.74) is 1.31. The Kier molecular flexibility index (Phi) is 8.49. The summed E-state index contributed by atoms with van der Waals surface area (Å²) in [7, 11) is 1.61. The van der Waals surface area contributed by atoms with Crippen molar-refractivity contribution in [3.8, 4) is 17.2 Å². The molecule has 2 rings (SSSR count). The Morgan fingerprint density at radius 2 is 1.59 bits per heavy atom. The van der Waals surface area contributed by atoms with Crippen molar-refractivity contribution in [3.05, 3.63) is 54.1 Å². The molecule has 1 N–H and O–H groups in total. The molecule has 0 bridgehead atoms. The summed E-state index contributed by atoms with van der Waals surface area (Å²) in [5, 5.41) is 2.86. The van der Waals surface area contributed by atoms with E-state index in [9.17, 15) is 4.79 Å². The van der Waals surface area contributed by atoms with Crippen LogP contribution in [0.4, 0.5) is 0 Å². The zero-order chi connectivity index (χ0) is 19.5. The maximum Gasteiger partial charge on any atom is 0.261 e. The van der Waals surface area contributed by atoms with Gasteiger partial charge in [-0.2, -0.15) is 0 Å². The lowest BCUT2D eigenvalue weighted by Crippen LogP contribution is -2.39. The van der Waals surface area contributed by atoms with E-state index < -0.39 is 6.10 Å². The van der Waals surface area contributed by atoms with Gasteiger partial charge in [-0.25, -0.2) is 0 Å². The van der Waals surface area contributed by atoms with Crippen LogP contribution in [0.5, 0.6) is 17.2 Å². The third kappa shape index (κ3) is 6.85. The normalized spacial score (nSPS) is 11.5. The Labute approximate surface area is 161 Å². The van der Waals surface area contributed by atoms with E-state index >= 15 is 0 Å². The van der Waals surface area contributed by atoms with Crippen LogP contribution < -0.4 is 19.5 Å². The first-order valence-corrected chi connectivity index (χ1v) is 9.46. The molecule has 0 spiro atoms. The van der Waals surface area contributed by atoms with Gasteiger partial charge >= 0.3 is 0 Å². The minimum absolute atomic E-state index is 0.143. The van der Waals surface area contributed by atoms with Gasteiger partial charge < -0.3 is 19.5 Å². The standard InChI is InChI=1S/C22H29NO4/c1-4-6-17-7-9-19(10-8-17)26-16-15-23-22(24)21(5-2)27-20-13-11-18(25-3)12-14-20/h7-14,21H,4-6,15-16H2,1-3H3,(H,23,24). The Morgan fingerprint density at radius 1 is 0.963 bits per heavy atom. The van der Waals surface area contributed by atoms with Crippen LogP contribution in [0.3, 0.4) is 0 Å². The van der Waals surface area contributed by atoms with Crippen molar-refractivity contribution in [2.75, 3.05) is 20.3 Å². The zero-order valence-electron chi connectivity index (χ0n) is 16.4. The van der Waals surface area contributed by atoms with E-state index in [1.807, 2.05) is 19.1 Å². The largest absolute Gasteiger partial charge is 0.497 e. The number of benzene rings is 2. The van der Waals surface area contributed by atoms with E-state index in [0.717, 1.165) is 24.3 Å². The summed E-state index contributed by atoms with van der Waals surface area (Å²) in [4.78, 5) is 12.3. The van der Waals surface area contributed by atoms with Gasteiger partial charge in [0.05, 0.1) is 13.7 Å². The van der Waals surface area contributed by atoms with E-state index in [4.69, 9.17) is 14.2 Å². The van der Waals surface area contributed by atoms with Crippen molar-refractivity contribution < 1.29 is 19.0 Å². The second-order valence-corrected chi connectivity index (χ2v) is 6.22. The van der Waals surface area contributed by atoms with Crippen LogP contribution in [0.1, 0.15) is 32.3 Å². The number of carbonyl (C=O) groups excluding carboxylic acids is 1.